The molecule has 0 fully saturated rings. The van der Waals surface area contributed by atoms with Crippen molar-refractivity contribution in [2.75, 3.05) is 0 Å². The summed E-state index contributed by atoms with van der Waals surface area (Å²) in [5.74, 6) is 0.0666. The first-order valence-electron chi connectivity index (χ1n) is 9.77. The Kier molecular flexibility index (Phi) is 25.8. The molecule has 0 saturated carbocycles. The summed E-state index contributed by atoms with van der Waals surface area (Å²) >= 11 is 0. The van der Waals surface area contributed by atoms with Gasteiger partial charge in [-0.1, -0.05) is 92.4 Å². The van der Waals surface area contributed by atoms with Crippen molar-refractivity contribution in [3.63, 3.8) is 0 Å². The molecule has 0 aromatic rings. The monoisotopic (exact) mass is 404 g/mol. The van der Waals surface area contributed by atoms with E-state index in [0.29, 0.717) is 0 Å². The largest absolute Gasteiger partial charge is 2.00 e. The van der Waals surface area contributed by atoms with Crippen LogP contribution in [0.3, 0.4) is 0 Å². The average Bonchev–Trinajstić information content (AvgIpc) is 2.35. The van der Waals surface area contributed by atoms with E-state index in [-0.39, 0.29) is 61.0 Å². The molecule has 0 saturated heterocycles. The molecule has 6 heteroatoms. The van der Waals surface area contributed by atoms with Crippen LogP contribution in [0.4, 0.5) is 0 Å². The summed E-state index contributed by atoms with van der Waals surface area (Å²) in [6.07, 6.45) is 11.3. The summed E-state index contributed by atoms with van der Waals surface area (Å²) in [6.45, 7) is 11.3. The van der Waals surface area contributed by atoms with Gasteiger partial charge in [0.25, 0.3) is 5.97 Å². The smallest absolute Gasteiger partial charge is 0.870 e. The minimum atomic E-state index is -2.50. The summed E-state index contributed by atoms with van der Waals surface area (Å²) in [5, 5.41) is 26.9. The van der Waals surface area contributed by atoms with E-state index in [0.717, 1.165) is 30.6 Å². The molecule has 0 rings (SSSR count). The molecule has 3 atom stereocenters. The van der Waals surface area contributed by atoms with E-state index in [4.69, 9.17) is 15.3 Å². The number of aliphatic hydroxyl groups is 3. The van der Waals surface area contributed by atoms with Gasteiger partial charge in [0.05, 0.1) is 0 Å². The first-order valence-corrected chi connectivity index (χ1v) is 9.77. The van der Waals surface area contributed by atoms with E-state index in [1.54, 1.807) is 0 Å². The Bertz CT molecular complexity index is 282. The predicted molar refractivity (Wildman–Crippen MR) is 108 cm³/mol. The van der Waals surface area contributed by atoms with Gasteiger partial charge in [-0.05, 0) is 23.7 Å². The van der Waals surface area contributed by atoms with Crippen molar-refractivity contribution < 1.29 is 26.3 Å². The molecule has 0 amide bonds. The van der Waals surface area contributed by atoms with Gasteiger partial charge < -0.3 is 26.3 Å². The Morgan fingerprint density at radius 3 is 1.19 bits per heavy atom. The third kappa shape index (κ3) is 25.1. The molecule has 0 aromatic carbocycles. The van der Waals surface area contributed by atoms with E-state index in [9.17, 15) is 0 Å². The zero-order valence-corrected chi connectivity index (χ0v) is 20.0. The van der Waals surface area contributed by atoms with Crippen molar-refractivity contribution in [2.24, 2.45) is 23.7 Å². The van der Waals surface area contributed by atoms with Gasteiger partial charge in [0.15, 0.2) is 0 Å². The molecule has 0 radical (unpaired) electrons. The molecule has 0 aliphatic heterocycles. The van der Waals surface area contributed by atoms with Crippen molar-refractivity contribution in [3.05, 3.63) is 0 Å². The minimum Gasteiger partial charge on any atom is -0.870 e. The number of rotatable bonds is 14. The van der Waals surface area contributed by atoms with E-state index in [2.05, 4.69) is 27.7 Å². The van der Waals surface area contributed by atoms with Gasteiger partial charge >= 0.3 is 37.7 Å². The second-order valence-electron chi connectivity index (χ2n) is 8.48. The normalized spacial score (nSPS) is 14.7. The molecule has 0 aliphatic rings. The standard InChI is InChI=1S/C20H42O3.Ca.2H2O/c1-16(2)9-6-10-17(3)11-7-12-18(4)13-8-14-19(5)15-20(21,22)23;;;/h16-19,21-23H,6-15H2,1-5H3;;2*1H2/q;+2;;/p-2. The maximum absolute atomic E-state index is 8.97. The quantitative estimate of drug-likeness (QED) is 0.293. The summed E-state index contributed by atoms with van der Waals surface area (Å²) in [7, 11) is 0. The molecule has 5 nitrogen and oxygen atoms in total. The van der Waals surface area contributed by atoms with Gasteiger partial charge in [-0.15, -0.1) is 0 Å². The fourth-order valence-corrected chi connectivity index (χ4v) is 3.36. The fourth-order valence-electron chi connectivity index (χ4n) is 3.36. The summed E-state index contributed by atoms with van der Waals surface area (Å²) in [6, 6.07) is 0. The summed E-state index contributed by atoms with van der Waals surface area (Å²) in [4.78, 5) is 0. The molecule has 156 valence electrons. The molecule has 5 N–H and O–H groups in total. The third-order valence-corrected chi connectivity index (χ3v) is 4.89. The van der Waals surface area contributed by atoms with Crippen molar-refractivity contribution in [2.45, 2.75) is 105 Å². The van der Waals surface area contributed by atoms with Crippen molar-refractivity contribution in [3.8, 4) is 0 Å². The second-order valence-corrected chi connectivity index (χ2v) is 8.48. The topological polar surface area (TPSA) is 121 Å². The maximum atomic E-state index is 8.97. The molecule has 0 spiro atoms. The minimum absolute atomic E-state index is 0. The molecule has 26 heavy (non-hydrogen) atoms. The van der Waals surface area contributed by atoms with Crippen molar-refractivity contribution in [1.29, 1.82) is 0 Å². The Balaban J connectivity index is -0.000000807. The SMILES string of the molecule is CC(C)CCCC(C)CCCC(C)CCCC(C)CC(O)(O)O.[Ca+2].[OH-].[OH-]. The molecule has 0 aliphatic carbocycles. The number of hydrogen-bond acceptors (Lipinski definition) is 5. The van der Waals surface area contributed by atoms with Crippen molar-refractivity contribution >= 4 is 37.7 Å². The van der Waals surface area contributed by atoms with Gasteiger partial charge in [-0.3, -0.25) is 0 Å². The van der Waals surface area contributed by atoms with E-state index >= 15 is 0 Å². The second kappa shape index (κ2) is 19.4. The van der Waals surface area contributed by atoms with Crippen molar-refractivity contribution in [1.82, 2.24) is 0 Å². The van der Waals surface area contributed by atoms with Gasteiger partial charge in [0.1, 0.15) is 0 Å². The Hall–Kier alpha value is 1.06. The molecular formula is C20H44CaO5. The average molecular weight is 405 g/mol. The third-order valence-electron chi connectivity index (χ3n) is 4.89. The van der Waals surface area contributed by atoms with E-state index in [1.165, 1.54) is 44.9 Å². The molecule has 0 heterocycles. The Labute approximate surface area is 191 Å². The fraction of sp³-hybridized carbons (Fsp3) is 1.00. The molecule has 0 bridgehead atoms. The van der Waals surface area contributed by atoms with Crippen LogP contribution in [0, 0.1) is 23.7 Å². The van der Waals surface area contributed by atoms with Crippen LogP contribution in [0.2, 0.25) is 0 Å². The summed E-state index contributed by atoms with van der Waals surface area (Å²) < 4.78 is 0. The van der Waals surface area contributed by atoms with Crippen LogP contribution in [0.15, 0.2) is 0 Å². The number of hydrogen-bond donors (Lipinski definition) is 3. The maximum Gasteiger partial charge on any atom is 2.00 e. The summed E-state index contributed by atoms with van der Waals surface area (Å²) in [5.41, 5.74) is 0. The molecular weight excluding hydrogens is 360 g/mol. The van der Waals surface area contributed by atoms with Gasteiger partial charge in [0.2, 0.25) is 0 Å². The zero-order valence-electron chi connectivity index (χ0n) is 17.8. The molecule has 0 aromatic heterocycles. The Morgan fingerprint density at radius 2 is 0.885 bits per heavy atom. The first kappa shape index (κ1) is 34.6. The van der Waals surface area contributed by atoms with Crippen LogP contribution in [0.25, 0.3) is 0 Å². The van der Waals surface area contributed by atoms with Crippen LogP contribution < -0.4 is 0 Å². The van der Waals surface area contributed by atoms with Crippen LogP contribution in [0.5, 0.6) is 0 Å². The van der Waals surface area contributed by atoms with Crippen LogP contribution >= 0.6 is 0 Å². The van der Waals surface area contributed by atoms with Crippen LogP contribution in [0.1, 0.15) is 98.8 Å². The Morgan fingerprint density at radius 1 is 0.577 bits per heavy atom. The van der Waals surface area contributed by atoms with Crippen LogP contribution in [-0.4, -0.2) is 70.0 Å². The zero-order chi connectivity index (χ0) is 17.9. The van der Waals surface area contributed by atoms with Gasteiger partial charge in [-0.25, -0.2) is 0 Å². The predicted octanol–water partition coefficient (Wildman–Crippen LogP) is 4.35. The van der Waals surface area contributed by atoms with Gasteiger partial charge in [0, 0.05) is 6.42 Å². The van der Waals surface area contributed by atoms with Gasteiger partial charge in [-0.2, -0.15) is 0 Å². The molecule has 3 unspecified atom stereocenters. The first-order chi connectivity index (χ1) is 10.6. The van der Waals surface area contributed by atoms with E-state index in [1.807, 2.05) is 6.92 Å². The van der Waals surface area contributed by atoms with Crippen LogP contribution in [-0.2, 0) is 0 Å². The van der Waals surface area contributed by atoms with E-state index < -0.39 is 5.97 Å².